The molecular weight excluding hydrogens is 320 g/mol. The average Bonchev–Trinajstić information content (AvgIpc) is 2.91. The first-order valence-electron chi connectivity index (χ1n) is 8.01. The van der Waals surface area contributed by atoms with Crippen molar-refractivity contribution in [2.45, 2.75) is 19.8 Å². The van der Waals surface area contributed by atoms with E-state index in [0.717, 1.165) is 11.4 Å². The topological polar surface area (TPSA) is 92.4 Å². The second-order valence-electron chi connectivity index (χ2n) is 6.02. The first kappa shape index (κ1) is 18.5. The molecular formula is C19H22N2O4. The van der Waals surface area contributed by atoms with Gasteiger partial charge in [-0.1, -0.05) is 18.2 Å². The molecule has 132 valence electrons. The first-order valence-corrected chi connectivity index (χ1v) is 8.01. The number of hydrogen-bond donors (Lipinski definition) is 1. The quantitative estimate of drug-likeness (QED) is 0.902. The summed E-state index contributed by atoms with van der Waals surface area (Å²) in [6.07, 6.45) is 0.953. The van der Waals surface area contributed by atoms with Gasteiger partial charge in [0.15, 0.2) is 0 Å². The van der Waals surface area contributed by atoms with Crippen molar-refractivity contribution in [1.82, 2.24) is 0 Å². The maximum absolute atomic E-state index is 12.9. The Balaban J connectivity index is 0.00000225. The van der Waals surface area contributed by atoms with Gasteiger partial charge in [0.05, 0.1) is 23.8 Å². The Kier molecular flexibility index (Phi) is 5.77. The number of rotatable bonds is 5. The number of hydrazine groups is 1. The molecule has 25 heavy (non-hydrogen) atoms. The summed E-state index contributed by atoms with van der Waals surface area (Å²) in [4.78, 5) is 24.2. The Hall–Kier alpha value is -2.86. The van der Waals surface area contributed by atoms with E-state index in [9.17, 15) is 14.7 Å². The molecule has 2 aromatic carbocycles. The summed E-state index contributed by atoms with van der Waals surface area (Å²) >= 11 is 0. The summed E-state index contributed by atoms with van der Waals surface area (Å²) in [5.74, 6) is 0.0549. The number of carbonyl (C=O) groups is 2. The molecule has 0 aliphatic carbocycles. The molecule has 0 aromatic heterocycles. The van der Waals surface area contributed by atoms with E-state index in [1.807, 2.05) is 35.3 Å². The van der Waals surface area contributed by atoms with Crippen LogP contribution in [-0.4, -0.2) is 28.8 Å². The molecule has 1 aliphatic rings. The van der Waals surface area contributed by atoms with Crippen molar-refractivity contribution >= 4 is 23.1 Å². The minimum absolute atomic E-state index is 0. The van der Waals surface area contributed by atoms with Crippen LogP contribution in [0.15, 0.2) is 54.6 Å². The Bertz CT molecular complexity index is 731. The van der Waals surface area contributed by atoms with E-state index >= 15 is 0 Å². The number of benzene rings is 2. The number of aromatic hydroxyl groups is 1. The molecule has 1 fully saturated rings. The van der Waals surface area contributed by atoms with Crippen LogP contribution in [0.1, 0.15) is 19.8 Å². The number of nitrogens with zero attached hydrogens (tertiary/aromatic N) is 2. The molecule has 2 aromatic rings. The number of amides is 1. The zero-order chi connectivity index (χ0) is 17.1. The molecule has 0 bridgehead atoms. The van der Waals surface area contributed by atoms with Crippen LogP contribution >= 0.6 is 0 Å². The van der Waals surface area contributed by atoms with Crippen LogP contribution in [0.2, 0.25) is 0 Å². The number of hydrogen-bond acceptors (Lipinski definition) is 4. The Morgan fingerprint density at radius 2 is 1.72 bits per heavy atom. The Labute approximate surface area is 146 Å². The molecule has 1 amide bonds. The molecule has 1 atom stereocenters. The lowest BCUT2D eigenvalue weighted by Crippen LogP contribution is -2.39. The van der Waals surface area contributed by atoms with Crippen LogP contribution in [0.5, 0.6) is 5.75 Å². The summed E-state index contributed by atoms with van der Waals surface area (Å²) in [5.41, 5.74) is 1.62. The standard InChI is InChI=1S/C19H20N2O3.H2O/c1-14(22)7-8-15-13-20(16-9-11-18(23)12-10-16)21(19(15)24)17-5-3-2-4-6-17;/h2-6,9-12,15,23H,7-8,13H2,1H3;1H2. The fraction of sp³-hybridized carbons (Fsp3) is 0.263. The molecule has 1 unspecified atom stereocenters. The van der Waals surface area contributed by atoms with Crippen LogP contribution in [-0.2, 0) is 9.59 Å². The third-order valence-electron chi connectivity index (χ3n) is 4.19. The van der Waals surface area contributed by atoms with Crippen molar-refractivity contribution in [3.8, 4) is 5.75 Å². The highest BCUT2D eigenvalue weighted by atomic mass is 16.3. The van der Waals surface area contributed by atoms with Crippen molar-refractivity contribution in [3.05, 3.63) is 54.6 Å². The normalized spacial score (nSPS) is 16.7. The zero-order valence-electron chi connectivity index (χ0n) is 14.1. The number of Topliss-reactive ketones (excluding diaryl/α,β-unsaturated/α-hetero) is 1. The summed E-state index contributed by atoms with van der Waals surface area (Å²) in [6.45, 7) is 2.07. The van der Waals surface area contributed by atoms with E-state index in [1.165, 1.54) is 0 Å². The number of ketones is 1. The SMILES string of the molecule is CC(=O)CCC1CN(c2ccc(O)cc2)N(c2ccccc2)C1=O.O. The Morgan fingerprint density at radius 1 is 1.08 bits per heavy atom. The summed E-state index contributed by atoms with van der Waals surface area (Å²) < 4.78 is 0. The fourth-order valence-electron chi connectivity index (χ4n) is 2.93. The molecule has 1 heterocycles. The lowest BCUT2D eigenvalue weighted by atomic mass is 10.0. The lowest BCUT2D eigenvalue weighted by molar-refractivity contribution is -0.121. The number of carbonyl (C=O) groups excluding carboxylic acids is 2. The molecule has 0 spiro atoms. The van der Waals surface area contributed by atoms with E-state index < -0.39 is 0 Å². The monoisotopic (exact) mass is 342 g/mol. The lowest BCUT2D eigenvalue weighted by Gasteiger charge is -2.29. The van der Waals surface area contributed by atoms with Gasteiger partial charge in [0.25, 0.3) is 5.91 Å². The van der Waals surface area contributed by atoms with Gasteiger partial charge in [-0.3, -0.25) is 9.80 Å². The number of para-hydroxylation sites is 1. The molecule has 0 radical (unpaired) electrons. The second-order valence-corrected chi connectivity index (χ2v) is 6.02. The van der Waals surface area contributed by atoms with Crippen molar-refractivity contribution in [1.29, 1.82) is 0 Å². The third-order valence-corrected chi connectivity index (χ3v) is 4.19. The van der Waals surface area contributed by atoms with Gasteiger partial charge in [-0.2, -0.15) is 0 Å². The molecule has 1 aliphatic heterocycles. The van der Waals surface area contributed by atoms with Crippen LogP contribution in [0.3, 0.4) is 0 Å². The maximum atomic E-state index is 12.9. The zero-order valence-corrected chi connectivity index (χ0v) is 14.1. The van der Waals surface area contributed by atoms with Crippen LogP contribution in [0.25, 0.3) is 0 Å². The van der Waals surface area contributed by atoms with Gasteiger partial charge in [-0.15, -0.1) is 0 Å². The Morgan fingerprint density at radius 3 is 2.32 bits per heavy atom. The highest BCUT2D eigenvalue weighted by Crippen LogP contribution is 2.33. The van der Waals surface area contributed by atoms with Crippen molar-refractivity contribution in [3.63, 3.8) is 0 Å². The largest absolute Gasteiger partial charge is 0.508 e. The van der Waals surface area contributed by atoms with Gasteiger partial charge in [0.2, 0.25) is 0 Å². The summed E-state index contributed by atoms with van der Waals surface area (Å²) in [6, 6.07) is 16.2. The molecule has 3 N–H and O–H groups in total. The van der Waals surface area contributed by atoms with Gasteiger partial charge < -0.3 is 15.4 Å². The van der Waals surface area contributed by atoms with Gasteiger partial charge in [-0.25, -0.2) is 5.01 Å². The predicted molar refractivity (Wildman–Crippen MR) is 96.4 cm³/mol. The molecule has 0 saturated carbocycles. The van der Waals surface area contributed by atoms with Crippen LogP contribution in [0, 0.1) is 5.92 Å². The first-order chi connectivity index (χ1) is 11.6. The van der Waals surface area contributed by atoms with Crippen LogP contribution in [0.4, 0.5) is 11.4 Å². The van der Waals surface area contributed by atoms with Crippen molar-refractivity contribution in [2.24, 2.45) is 5.92 Å². The summed E-state index contributed by atoms with van der Waals surface area (Å²) in [7, 11) is 0. The van der Waals surface area contributed by atoms with E-state index in [-0.39, 0.29) is 28.8 Å². The van der Waals surface area contributed by atoms with Gasteiger partial charge in [0.1, 0.15) is 11.5 Å². The highest BCUT2D eigenvalue weighted by molar-refractivity contribution is 6.00. The van der Waals surface area contributed by atoms with Crippen LogP contribution < -0.4 is 10.0 Å². The van der Waals surface area contributed by atoms with Gasteiger partial charge in [-0.05, 0) is 49.7 Å². The van der Waals surface area contributed by atoms with E-state index in [1.54, 1.807) is 36.2 Å². The van der Waals surface area contributed by atoms with Gasteiger partial charge in [0, 0.05) is 6.42 Å². The average molecular weight is 342 g/mol. The number of phenols is 1. The van der Waals surface area contributed by atoms with E-state index in [0.29, 0.717) is 19.4 Å². The van der Waals surface area contributed by atoms with E-state index in [2.05, 4.69) is 0 Å². The number of phenolic OH excluding ortho intramolecular Hbond substituents is 1. The number of anilines is 2. The highest BCUT2D eigenvalue weighted by Gasteiger charge is 2.39. The van der Waals surface area contributed by atoms with E-state index in [4.69, 9.17) is 0 Å². The summed E-state index contributed by atoms with van der Waals surface area (Å²) in [5, 5.41) is 13.1. The fourth-order valence-corrected chi connectivity index (χ4v) is 2.93. The smallest absolute Gasteiger partial charge is 0.250 e. The molecule has 6 nitrogen and oxygen atoms in total. The molecule has 6 heteroatoms. The third kappa shape index (κ3) is 3.97. The van der Waals surface area contributed by atoms with Gasteiger partial charge >= 0.3 is 0 Å². The second kappa shape index (κ2) is 7.81. The maximum Gasteiger partial charge on any atom is 0.250 e. The molecule has 3 rings (SSSR count). The van der Waals surface area contributed by atoms with Crippen molar-refractivity contribution < 1.29 is 20.2 Å². The minimum Gasteiger partial charge on any atom is -0.508 e. The van der Waals surface area contributed by atoms with Crippen molar-refractivity contribution in [2.75, 3.05) is 16.6 Å². The molecule has 1 saturated heterocycles. The predicted octanol–water partition coefficient (Wildman–Crippen LogP) is 2.32. The minimum atomic E-state index is -0.220.